The fourth-order valence-corrected chi connectivity index (χ4v) is 2.51. The van der Waals surface area contributed by atoms with Crippen molar-refractivity contribution < 1.29 is 4.79 Å². The quantitative estimate of drug-likeness (QED) is 0.821. The molecule has 1 aromatic carbocycles. The second-order valence-electron chi connectivity index (χ2n) is 5.31. The van der Waals surface area contributed by atoms with Crippen molar-refractivity contribution in [1.82, 2.24) is 5.32 Å². The van der Waals surface area contributed by atoms with Gasteiger partial charge in [0.05, 0.1) is 11.3 Å². The van der Waals surface area contributed by atoms with Crippen molar-refractivity contribution in [3.8, 4) is 0 Å². The summed E-state index contributed by atoms with van der Waals surface area (Å²) in [5.74, 6) is 0.751. The Kier molecular flexibility index (Phi) is 4.30. The molecule has 1 heterocycles. The van der Waals surface area contributed by atoms with Crippen LogP contribution in [-0.4, -0.2) is 25.5 Å². The monoisotopic (exact) mass is 261 g/mol. The lowest BCUT2D eigenvalue weighted by molar-refractivity contribution is 0.0956. The molecule has 104 valence electrons. The number of nitrogen functional groups attached to an aromatic ring is 1. The number of benzene rings is 1. The van der Waals surface area contributed by atoms with E-state index in [1.54, 1.807) is 6.07 Å². The number of carbonyl (C=O) groups is 1. The first-order valence-electron chi connectivity index (χ1n) is 7.04. The van der Waals surface area contributed by atoms with Crippen LogP contribution >= 0.6 is 0 Å². The van der Waals surface area contributed by atoms with Gasteiger partial charge in [-0.15, -0.1) is 0 Å². The van der Waals surface area contributed by atoms with Gasteiger partial charge in [0.2, 0.25) is 0 Å². The van der Waals surface area contributed by atoms with E-state index in [0.717, 1.165) is 30.3 Å². The minimum absolute atomic E-state index is 0.0175. The summed E-state index contributed by atoms with van der Waals surface area (Å²) >= 11 is 0. The molecule has 0 radical (unpaired) electrons. The maximum atomic E-state index is 12.1. The SMILES string of the molecule is CCNC(=O)c1ccc(N)cc1N1CCC(C)CC1. The predicted molar refractivity (Wildman–Crippen MR) is 79.5 cm³/mol. The number of nitrogens with zero attached hydrogens (tertiary/aromatic N) is 1. The van der Waals surface area contributed by atoms with Gasteiger partial charge in [0.15, 0.2) is 0 Å². The molecule has 4 nitrogen and oxygen atoms in total. The van der Waals surface area contributed by atoms with Crippen molar-refractivity contribution in [2.45, 2.75) is 26.7 Å². The van der Waals surface area contributed by atoms with Gasteiger partial charge in [-0.1, -0.05) is 6.92 Å². The van der Waals surface area contributed by atoms with Crippen molar-refractivity contribution in [2.24, 2.45) is 5.92 Å². The van der Waals surface area contributed by atoms with E-state index in [2.05, 4.69) is 17.1 Å². The van der Waals surface area contributed by atoms with Gasteiger partial charge in [0.25, 0.3) is 5.91 Å². The molecule has 0 aromatic heterocycles. The lowest BCUT2D eigenvalue weighted by atomic mass is 9.98. The van der Waals surface area contributed by atoms with Crippen molar-refractivity contribution in [1.29, 1.82) is 0 Å². The van der Waals surface area contributed by atoms with Gasteiger partial charge in [-0.05, 0) is 43.9 Å². The highest BCUT2D eigenvalue weighted by molar-refractivity contribution is 6.00. The van der Waals surface area contributed by atoms with Crippen LogP contribution in [0.1, 0.15) is 37.0 Å². The van der Waals surface area contributed by atoms with E-state index in [1.807, 2.05) is 19.1 Å². The number of rotatable bonds is 3. The predicted octanol–water partition coefficient (Wildman–Crippen LogP) is 2.25. The maximum absolute atomic E-state index is 12.1. The van der Waals surface area contributed by atoms with Gasteiger partial charge in [-0.3, -0.25) is 4.79 Å². The molecule has 2 rings (SSSR count). The average Bonchev–Trinajstić information content (AvgIpc) is 2.39. The largest absolute Gasteiger partial charge is 0.399 e. The molecule has 0 spiro atoms. The summed E-state index contributed by atoms with van der Waals surface area (Å²) < 4.78 is 0. The summed E-state index contributed by atoms with van der Waals surface area (Å²) in [7, 11) is 0. The van der Waals surface area contributed by atoms with Crippen molar-refractivity contribution in [2.75, 3.05) is 30.3 Å². The van der Waals surface area contributed by atoms with E-state index >= 15 is 0 Å². The summed E-state index contributed by atoms with van der Waals surface area (Å²) in [5.41, 5.74) is 8.28. The van der Waals surface area contributed by atoms with Crippen LogP contribution in [0.2, 0.25) is 0 Å². The highest BCUT2D eigenvalue weighted by Crippen LogP contribution is 2.28. The van der Waals surface area contributed by atoms with Crippen LogP contribution in [0.4, 0.5) is 11.4 Å². The maximum Gasteiger partial charge on any atom is 0.253 e. The molecule has 1 aliphatic rings. The molecule has 0 bridgehead atoms. The summed E-state index contributed by atoms with van der Waals surface area (Å²) in [5, 5.41) is 2.86. The van der Waals surface area contributed by atoms with Gasteiger partial charge >= 0.3 is 0 Å². The van der Waals surface area contributed by atoms with Gasteiger partial charge in [0.1, 0.15) is 0 Å². The van der Waals surface area contributed by atoms with Crippen molar-refractivity contribution in [3.63, 3.8) is 0 Å². The molecule has 3 N–H and O–H groups in total. The van der Waals surface area contributed by atoms with Crippen molar-refractivity contribution >= 4 is 17.3 Å². The molecule has 0 atom stereocenters. The fourth-order valence-electron chi connectivity index (χ4n) is 2.51. The van der Waals surface area contributed by atoms with Crippen LogP contribution in [0.3, 0.4) is 0 Å². The molecule has 0 saturated carbocycles. The Morgan fingerprint density at radius 2 is 2.11 bits per heavy atom. The molecule has 1 amide bonds. The zero-order chi connectivity index (χ0) is 13.8. The Bertz CT molecular complexity index is 451. The first-order chi connectivity index (χ1) is 9.11. The molecular weight excluding hydrogens is 238 g/mol. The number of carbonyl (C=O) groups excluding carboxylic acids is 1. The third-order valence-corrected chi connectivity index (χ3v) is 3.73. The molecule has 0 unspecified atom stereocenters. The molecule has 19 heavy (non-hydrogen) atoms. The van der Waals surface area contributed by atoms with Crippen LogP contribution in [-0.2, 0) is 0 Å². The van der Waals surface area contributed by atoms with Crippen molar-refractivity contribution in [3.05, 3.63) is 23.8 Å². The summed E-state index contributed by atoms with van der Waals surface area (Å²) in [4.78, 5) is 14.4. The van der Waals surface area contributed by atoms with E-state index in [-0.39, 0.29) is 5.91 Å². The zero-order valence-corrected chi connectivity index (χ0v) is 11.8. The normalized spacial score (nSPS) is 16.4. The van der Waals surface area contributed by atoms with E-state index < -0.39 is 0 Å². The first-order valence-corrected chi connectivity index (χ1v) is 7.04. The number of hydrogen-bond donors (Lipinski definition) is 2. The molecule has 4 heteroatoms. The van der Waals surface area contributed by atoms with Gasteiger partial charge < -0.3 is 16.0 Å². The van der Waals surface area contributed by atoms with E-state index in [1.165, 1.54) is 12.8 Å². The summed E-state index contributed by atoms with van der Waals surface area (Å²) in [6.45, 7) is 6.84. The molecule has 1 aliphatic heterocycles. The molecular formula is C15H23N3O. The number of hydrogen-bond acceptors (Lipinski definition) is 3. The highest BCUT2D eigenvalue weighted by Gasteiger charge is 2.20. The minimum Gasteiger partial charge on any atom is -0.399 e. The van der Waals surface area contributed by atoms with E-state index in [4.69, 9.17) is 5.73 Å². The number of nitrogens with one attached hydrogen (secondary N) is 1. The second-order valence-corrected chi connectivity index (χ2v) is 5.31. The second kappa shape index (κ2) is 5.95. The van der Waals surface area contributed by atoms with E-state index in [9.17, 15) is 4.79 Å². The van der Waals surface area contributed by atoms with Crippen LogP contribution in [0.15, 0.2) is 18.2 Å². The number of amides is 1. The third-order valence-electron chi connectivity index (χ3n) is 3.73. The summed E-state index contributed by atoms with van der Waals surface area (Å²) in [6, 6.07) is 5.54. The molecule has 1 saturated heterocycles. The minimum atomic E-state index is -0.0175. The van der Waals surface area contributed by atoms with E-state index in [0.29, 0.717) is 12.2 Å². The molecule has 0 aliphatic carbocycles. The highest BCUT2D eigenvalue weighted by atomic mass is 16.1. The molecule has 1 aromatic rings. The standard InChI is InChI=1S/C15H23N3O/c1-3-17-15(19)13-5-4-12(16)10-14(13)18-8-6-11(2)7-9-18/h4-5,10-11H,3,6-9,16H2,1-2H3,(H,17,19). The van der Waals surface area contributed by atoms with Crippen LogP contribution in [0.25, 0.3) is 0 Å². The van der Waals surface area contributed by atoms with Crippen LogP contribution in [0, 0.1) is 5.92 Å². The van der Waals surface area contributed by atoms with Crippen LogP contribution in [0.5, 0.6) is 0 Å². The van der Waals surface area contributed by atoms with Gasteiger partial charge in [-0.25, -0.2) is 0 Å². The Labute approximate surface area is 115 Å². The Hall–Kier alpha value is -1.71. The third kappa shape index (κ3) is 3.19. The number of anilines is 2. The fraction of sp³-hybridized carbons (Fsp3) is 0.533. The Morgan fingerprint density at radius 1 is 1.42 bits per heavy atom. The Balaban J connectivity index is 2.27. The number of piperidine rings is 1. The lowest BCUT2D eigenvalue weighted by Gasteiger charge is -2.33. The molecule has 1 fully saturated rings. The van der Waals surface area contributed by atoms with Gasteiger partial charge in [-0.2, -0.15) is 0 Å². The average molecular weight is 261 g/mol. The van der Waals surface area contributed by atoms with Crippen LogP contribution < -0.4 is 16.0 Å². The zero-order valence-electron chi connectivity index (χ0n) is 11.8. The first kappa shape index (κ1) is 13.7. The number of nitrogens with two attached hydrogens (primary N) is 1. The Morgan fingerprint density at radius 3 is 2.74 bits per heavy atom. The topological polar surface area (TPSA) is 58.4 Å². The lowest BCUT2D eigenvalue weighted by Crippen LogP contribution is -2.35. The summed E-state index contributed by atoms with van der Waals surface area (Å²) in [6.07, 6.45) is 2.34. The smallest absolute Gasteiger partial charge is 0.253 e. The van der Waals surface area contributed by atoms with Gasteiger partial charge in [0, 0.05) is 25.3 Å².